The molecule has 0 amide bonds. The van der Waals surface area contributed by atoms with Crippen molar-refractivity contribution in [3.63, 3.8) is 0 Å². The Hall–Kier alpha value is -3.11. The molecule has 1 saturated carbocycles. The first-order valence-corrected chi connectivity index (χ1v) is 11.5. The van der Waals surface area contributed by atoms with Gasteiger partial charge in [0.25, 0.3) is 0 Å². The van der Waals surface area contributed by atoms with Crippen LogP contribution in [0, 0.1) is 0 Å². The highest BCUT2D eigenvalue weighted by Crippen LogP contribution is 2.38. The third kappa shape index (κ3) is 3.59. The van der Waals surface area contributed by atoms with Crippen LogP contribution >= 0.6 is 0 Å². The van der Waals surface area contributed by atoms with E-state index in [4.69, 9.17) is 0 Å². The Kier molecular flexibility index (Phi) is 4.68. The second-order valence-electron chi connectivity index (χ2n) is 7.78. The second kappa shape index (κ2) is 7.21. The summed E-state index contributed by atoms with van der Waals surface area (Å²) >= 11 is 0. The van der Waals surface area contributed by atoms with Crippen LogP contribution in [0.2, 0.25) is 0 Å². The molecule has 166 valence electrons. The van der Waals surface area contributed by atoms with Crippen molar-refractivity contribution in [2.24, 2.45) is 0 Å². The summed E-state index contributed by atoms with van der Waals surface area (Å²) < 4.78 is 69.8. The molecule has 2 aromatic heterocycles. The van der Waals surface area contributed by atoms with Crippen molar-refractivity contribution in [3.05, 3.63) is 66.7 Å². The van der Waals surface area contributed by atoms with Crippen LogP contribution in [0.15, 0.2) is 66.1 Å². The summed E-state index contributed by atoms with van der Waals surface area (Å²) in [6.07, 6.45) is 3.21. The number of sulfonamides is 1. The maximum Gasteiger partial charge on any atom is 0.416 e. The summed E-state index contributed by atoms with van der Waals surface area (Å²) in [6, 6.07) is 9.97. The van der Waals surface area contributed by atoms with Crippen LogP contribution in [0.3, 0.4) is 0 Å². The van der Waals surface area contributed by atoms with Crippen molar-refractivity contribution < 1.29 is 21.6 Å². The van der Waals surface area contributed by atoms with Crippen molar-refractivity contribution in [1.29, 1.82) is 0 Å². The molecule has 1 fully saturated rings. The lowest BCUT2D eigenvalue weighted by Gasteiger charge is -2.09. The van der Waals surface area contributed by atoms with Gasteiger partial charge in [-0.3, -0.25) is 0 Å². The topological polar surface area (TPSA) is 68.9 Å². The molecule has 0 atom stereocenters. The molecular weight excluding hydrogens is 441 g/mol. The third-order valence-electron chi connectivity index (χ3n) is 5.67. The van der Waals surface area contributed by atoms with E-state index >= 15 is 0 Å². The van der Waals surface area contributed by atoms with E-state index in [2.05, 4.69) is 9.71 Å². The Labute approximate surface area is 182 Å². The lowest BCUT2D eigenvalue weighted by molar-refractivity contribution is -0.137. The predicted molar refractivity (Wildman–Crippen MR) is 114 cm³/mol. The minimum Gasteiger partial charge on any atom is -0.334 e. The molecule has 5 rings (SSSR count). The van der Waals surface area contributed by atoms with Gasteiger partial charge in [0.2, 0.25) is 10.0 Å². The maximum absolute atomic E-state index is 13.0. The van der Waals surface area contributed by atoms with Gasteiger partial charge in [-0.15, -0.1) is 0 Å². The van der Waals surface area contributed by atoms with Crippen molar-refractivity contribution in [2.45, 2.75) is 30.0 Å². The smallest absolute Gasteiger partial charge is 0.334 e. The van der Waals surface area contributed by atoms with Crippen LogP contribution < -0.4 is 4.72 Å². The first-order chi connectivity index (χ1) is 15.2. The molecule has 6 nitrogen and oxygen atoms in total. The highest BCUT2D eigenvalue weighted by molar-refractivity contribution is 7.89. The van der Waals surface area contributed by atoms with Crippen molar-refractivity contribution in [3.8, 4) is 16.9 Å². The van der Waals surface area contributed by atoms with E-state index in [0.29, 0.717) is 33.9 Å². The third-order valence-corrected chi connectivity index (χ3v) is 7.09. The maximum atomic E-state index is 13.0. The van der Waals surface area contributed by atoms with Crippen LogP contribution in [0.4, 0.5) is 13.2 Å². The molecule has 1 aliphatic carbocycles. The van der Waals surface area contributed by atoms with Crippen molar-refractivity contribution in [2.75, 3.05) is 7.05 Å². The van der Waals surface area contributed by atoms with Gasteiger partial charge in [0, 0.05) is 35.1 Å². The number of nitrogens with zero attached hydrogens (tertiary/aromatic N) is 3. The van der Waals surface area contributed by atoms with E-state index in [0.717, 1.165) is 25.0 Å². The van der Waals surface area contributed by atoms with Gasteiger partial charge in [-0.2, -0.15) is 13.2 Å². The second-order valence-corrected chi connectivity index (χ2v) is 9.67. The number of alkyl halides is 3. The van der Waals surface area contributed by atoms with Crippen molar-refractivity contribution >= 4 is 20.9 Å². The Balaban J connectivity index is 1.69. The number of hydrogen-bond donors (Lipinski definition) is 1. The predicted octanol–water partition coefficient (Wildman–Crippen LogP) is 4.76. The fourth-order valence-electron chi connectivity index (χ4n) is 3.77. The van der Waals surface area contributed by atoms with Gasteiger partial charge in [0.05, 0.1) is 28.0 Å². The minimum atomic E-state index is -4.42. The molecule has 0 radical (unpaired) electrons. The summed E-state index contributed by atoms with van der Waals surface area (Å²) in [6.45, 7) is 0. The van der Waals surface area contributed by atoms with Gasteiger partial charge in [-0.25, -0.2) is 18.1 Å². The van der Waals surface area contributed by atoms with Crippen LogP contribution in [0.5, 0.6) is 0 Å². The molecule has 2 aromatic carbocycles. The molecule has 4 aromatic rings. The van der Waals surface area contributed by atoms with E-state index in [-0.39, 0.29) is 4.90 Å². The van der Waals surface area contributed by atoms with Gasteiger partial charge >= 0.3 is 6.18 Å². The lowest BCUT2D eigenvalue weighted by atomic mass is 10.1. The zero-order chi connectivity index (χ0) is 22.7. The first kappa shape index (κ1) is 20.8. The molecule has 1 aliphatic rings. The Morgan fingerprint density at radius 1 is 1.06 bits per heavy atom. The van der Waals surface area contributed by atoms with Gasteiger partial charge in [0.1, 0.15) is 0 Å². The average molecular weight is 460 g/mol. The molecule has 10 heteroatoms. The van der Waals surface area contributed by atoms with E-state index < -0.39 is 21.8 Å². The normalized spacial score (nSPS) is 14.9. The van der Waals surface area contributed by atoms with Crippen LogP contribution in [0.25, 0.3) is 27.8 Å². The zero-order valence-corrected chi connectivity index (χ0v) is 17.8. The van der Waals surface area contributed by atoms with Gasteiger partial charge < -0.3 is 9.13 Å². The van der Waals surface area contributed by atoms with Gasteiger partial charge in [0.15, 0.2) is 0 Å². The summed E-state index contributed by atoms with van der Waals surface area (Å²) in [5, 5.41) is 0.641. The van der Waals surface area contributed by atoms with Crippen LogP contribution in [-0.4, -0.2) is 29.6 Å². The zero-order valence-electron chi connectivity index (χ0n) is 17.0. The summed E-state index contributed by atoms with van der Waals surface area (Å²) in [5.74, 6) is 0. The van der Waals surface area contributed by atoms with E-state index in [1.54, 1.807) is 29.2 Å². The number of imidazole rings is 1. The minimum absolute atomic E-state index is 0.0977. The van der Waals surface area contributed by atoms with Crippen LogP contribution in [0.1, 0.15) is 24.4 Å². The molecule has 32 heavy (non-hydrogen) atoms. The number of rotatable bonds is 5. The fourth-order valence-corrected chi connectivity index (χ4v) is 4.53. The number of nitrogens with one attached hydrogen (secondary N) is 1. The molecule has 0 aliphatic heterocycles. The number of halogens is 3. The van der Waals surface area contributed by atoms with Gasteiger partial charge in [-0.1, -0.05) is 0 Å². The number of aromatic nitrogens is 3. The molecule has 0 saturated heterocycles. The highest BCUT2D eigenvalue weighted by Gasteiger charge is 2.30. The highest BCUT2D eigenvalue weighted by atomic mass is 32.2. The number of hydrogen-bond acceptors (Lipinski definition) is 3. The summed E-state index contributed by atoms with van der Waals surface area (Å²) in [5.41, 5.74) is 1.83. The van der Waals surface area contributed by atoms with Crippen molar-refractivity contribution in [1.82, 2.24) is 18.8 Å². The van der Waals surface area contributed by atoms with Gasteiger partial charge in [-0.05, 0) is 62.4 Å². The quantitative estimate of drug-likeness (QED) is 0.467. The molecular formula is C22H19F3N4O2S. The SMILES string of the molecule is CNS(=O)(=O)c1ccc2c(c1)c(-c1cn(C3CC3)cn1)cn2-c1ccc(C(F)(F)F)cc1. The fraction of sp³-hybridized carbons (Fsp3) is 0.227. The average Bonchev–Trinajstić information content (AvgIpc) is 3.38. The number of benzene rings is 2. The van der Waals surface area contributed by atoms with E-state index in [1.165, 1.54) is 25.2 Å². The Bertz CT molecular complexity index is 1420. The lowest BCUT2D eigenvalue weighted by Crippen LogP contribution is -2.18. The van der Waals surface area contributed by atoms with Crippen LogP contribution in [-0.2, 0) is 16.2 Å². The monoisotopic (exact) mass is 460 g/mol. The Morgan fingerprint density at radius 2 is 1.78 bits per heavy atom. The summed E-state index contributed by atoms with van der Waals surface area (Å²) in [4.78, 5) is 4.60. The standard InChI is InChI=1S/C22H19F3N4O2S/c1-26-32(30,31)17-8-9-21-18(10-17)19(20-12-28(13-27-20)15-6-7-15)11-29(21)16-4-2-14(3-5-16)22(23,24)25/h2-5,8-13,15,26H,6-7H2,1H3. The molecule has 1 N–H and O–H groups in total. The van der Waals surface area contributed by atoms with E-state index in [9.17, 15) is 21.6 Å². The molecule has 0 bridgehead atoms. The molecule has 0 spiro atoms. The largest absolute Gasteiger partial charge is 0.416 e. The Morgan fingerprint density at radius 3 is 2.41 bits per heavy atom. The molecule has 0 unspecified atom stereocenters. The van der Waals surface area contributed by atoms with E-state index in [1.807, 2.05) is 10.8 Å². The molecule has 2 heterocycles. The summed E-state index contributed by atoms with van der Waals surface area (Å²) in [7, 11) is -2.34. The number of fused-ring (bicyclic) bond motifs is 1. The first-order valence-electron chi connectivity index (χ1n) is 9.97.